The first-order valence-electron chi connectivity index (χ1n) is 7.89. The van der Waals surface area contributed by atoms with E-state index in [0.717, 1.165) is 17.7 Å². The Bertz CT molecular complexity index is 727. The van der Waals surface area contributed by atoms with Gasteiger partial charge in [0.15, 0.2) is 0 Å². The van der Waals surface area contributed by atoms with Gasteiger partial charge in [0.05, 0.1) is 23.8 Å². The van der Waals surface area contributed by atoms with Crippen molar-refractivity contribution in [3.63, 3.8) is 0 Å². The minimum Gasteiger partial charge on any atom is -0.493 e. The number of hydrogen-bond donors (Lipinski definition) is 2. The summed E-state index contributed by atoms with van der Waals surface area (Å²) < 4.78 is 5.71. The molecule has 0 aliphatic heterocycles. The van der Waals surface area contributed by atoms with Crippen molar-refractivity contribution >= 4 is 11.9 Å². The quantitative estimate of drug-likeness (QED) is 0.813. The Morgan fingerprint density at radius 2 is 1.71 bits per heavy atom. The molecule has 0 unspecified atom stereocenters. The Morgan fingerprint density at radius 3 is 2.38 bits per heavy atom. The Kier molecular flexibility index (Phi) is 5.95. The molecule has 0 bridgehead atoms. The highest BCUT2D eigenvalue weighted by atomic mass is 16.5. The molecule has 0 spiro atoms. The van der Waals surface area contributed by atoms with Crippen LogP contribution in [0.1, 0.15) is 52.6 Å². The van der Waals surface area contributed by atoms with E-state index in [2.05, 4.69) is 5.32 Å². The van der Waals surface area contributed by atoms with Gasteiger partial charge < -0.3 is 15.2 Å². The standard InChI is InChI=1S/C19H21NO4/c1-3-12-24-17-11-7-6-8-14(17)13(2)20-18(21)15-9-4-5-10-16(15)19(22)23/h4-11,13H,3,12H2,1-2H3,(H,20,21)(H,22,23)/t13-/m0/s1. The molecule has 2 aromatic rings. The minimum absolute atomic E-state index is 0.0160. The van der Waals surface area contributed by atoms with E-state index in [4.69, 9.17) is 4.74 Å². The van der Waals surface area contributed by atoms with Crippen LogP contribution in [0.3, 0.4) is 0 Å². The maximum Gasteiger partial charge on any atom is 0.336 e. The Labute approximate surface area is 141 Å². The lowest BCUT2D eigenvalue weighted by molar-refractivity contribution is 0.0690. The summed E-state index contributed by atoms with van der Waals surface area (Å²) in [6.45, 7) is 4.46. The fourth-order valence-corrected chi connectivity index (χ4v) is 2.40. The zero-order valence-corrected chi connectivity index (χ0v) is 13.8. The number of amides is 1. The van der Waals surface area contributed by atoms with Crippen LogP contribution in [0.15, 0.2) is 48.5 Å². The highest BCUT2D eigenvalue weighted by molar-refractivity contribution is 6.04. The van der Waals surface area contributed by atoms with Crippen LogP contribution in [0.2, 0.25) is 0 Å². The predicted molar refractivity (Wildman–Crippen MR) is 91.5 cm³/mol. The number of carbonyl (C=O) groups is 2. The zero-order valence-electron chi connectivity index (χ0n) is 13.8. The zero-order chi connectivity index (χ0) is 17.5. The molecule has 2 N–H and O–H groups in total. The summed E-state index contributed by atoms with van der Waals surface area (Å²) in [6, 6.07) is 13.3. The molecule has 5 nitrogen and oxygen atoms in total. The highest BCUT2D eigenvalue weighted by Gasteiger charge is 2.19. The van der Waals surface area contributed by atoms with Crippen LogP contribution in [0.5, 0.6) is 5.75 Å². The lowest BCUT2D eigenvalue weighted by atomic mass is 10.0. The lowest BCUT2D eigenvalue weighted by Gasteiger charge is -2.18. The van der Waals surface area contributed by atoms with E-state index in [-0.39, 0.29) is 17.2 Å². The molecule has 0 saturated heterocycles. The Balaban J connectivity index is 2.20. The van der Waals surface area contributed by atoms with Gasteiger partial charge in [-0.2, -0.15) is 0 Å². The van der Waals surface area contributed by atoms with Crippen molar-refractivity contribution in [2.45, 2.75) is 26.3 Å². The average molecular weight is 327 g/mol. The van der Waals surface area contributed by atoms with Crippen LogP contribution in [0.25, 0.3) is 0 Å². The molecule has 24 heavy (non-hydrogen) atoms. The molecular formula is C19H21NO4. The molecule has 0 aliphatic rings. The van der Waals surface area contributed by atoms with Gasteiger partial charge in [0.25, 0.3) is 5.91 Å². The first-order chi connectivity index (χ1) is 11.5. The molecular weight excluding hydrogens is 306 g/mol. The topological polar surface area (TPSA) is 75.6 Å². The number of para-hydroxylation sites is 1. The summed E-state index contributed by atoms with van der Waals surface area (Å²) in [4.78, 5) is 23.7. The van der Waals surface area contributed by atoms with Crippen molar-refractivity contribution in [1.82, 2.24) is 5.32 Å². The monoisotopic (exact) mass is 327 g/mol. The number of nitrogens with one attached hydrogen (secondary N) is 1. The third-order valence-corrected chi connectivity index (χ3v) is 3.60. The fourth-order valence-electron chi connectivity index (χ4n) is 2.40. The van der Waals surface area contributed by atoms with Gasteiger partial charge in [-0.15, -0.1) is 0 Å². The number of carboxylic acid groups (broad SMARTS) is 1. The van der Waals surface area contributed by atoms with Gasteiger partial charge in [0.1, 0.15) is 5.75 Å². The van der Waals surface area contributed by atoms with Gasteiger partial charge in [-0.3, -0.25) is 4.79 Å². The van der Waals surface area contributed by atoms with Crippen LogP contribution >= 0.6 is 0 Å². The number of rotatable bonds is 7. The molecule has 1 amide bonds. The maximum atomic E-state index is 12.5. The maximum absolute atomic E-state index is 12.5. The Hall–Kier alpha value is -2.82. The van der Waals surface area contributed by atoms with Crippen molar-refractivity contribution in [2.24, 2.45) is 0 Å². The van der Waals surface area contributed by atoms with Gasteiger partial charge in [-0.25, -0.2) is 4.79 Å². The second-order valence-electron chi connectivity index (χ2n) is 5.43. The molecule has 0 saturated carbocycles. The highest BCUT2D eigenvalue weighted by Crippen LogP contribution is 2.25. The van der Waals surface area contributed by atoms with Crippen molar-refractivity contribution in [2.75, 3.05) is 6.61 Å². The predicted octanol–water partition coefficient (Wildman–Crippen LogP) is 3.66. The molecule has 1 atom stereocenters. The first kappa shape index (κ1) is 17.5. The van der Waals surface area contributed by atoms with E-state index in [0.29, 0.717) is 6.61 Å². The number of benzene rings is 2. The van der Waals surface area contributed by atoms with Gasteiger partial charge in [0, 0.05) is 5.56 Å². The average Bonchev–Trinajstić information content (AvgIpc) is 2.60. The molecule has 2 aromatic carbocycles. The molecule has 126 valence electrons. The third kappa shape index (κ3) is 4.13. The van der Waals surface area contributed by atoms with Crippen LogP contribution in [-0.2, 0) is 0 Å². The minimum atomic E-state index is -1.12. The van der Waals surface area contributed by atoms with E-state index in [9.17, 15) is 14.7 Å². The molecule has 0 radical (unpaired) electrons. The fraction of sp³-hybridized carbons (Fsp3) is 0.263. The van der Waals surface area contributed by atoms with Crippen LogP contribution < -0.4 is 10.1 Å². The van der Waals surface area contributed by atoms with E-state index < -0.39 is 11.9 Å². The molecule has 0 fully saturated rings. The number of ether oxygens (including phenoxy) is 1. The summed E-state index contributed by atoms with van der Waals surface area (Å²) in [5.74, 6) is -0.829. The molecule has 2 rings (SSSR count). The number of hydrogen-bond acceptors (Lipinski definition) is 3. The second kappa shape index (κ2) is 8.15. The van der Waals surface area contributed by atoms with Crippen LogP contribution in [0, 0.1) is 0 Å². The van der Waals surface area contributed by atoms with Crippen molar-refractivity contribution in [3.8, 4) is 5.75 Å². The SMILES string of the molecule is CCCOc1ccccc1[C@H](C)NC(=O)c1ccccc1C(=O)O. The molecule has 0 aliphatic carbocycles. The number of aromatic carboxylic acids is 1. The van der Waals surface area contributed by atoms with Crippen LogP contribution in [-0.4, -0.2) is 23.6 Å². The number of carbonyl (C=O) groups excluding carboxylic acids is 1. The van der Waals surface area contributed by atoms with Crippen molar-refractivity contribution < 1.29 is 19.4 Å². The van der Waals surface area contributed by atoms with Gasteiger partial charge in [0.2, 0.25) is 0 Å². The van der Waals surface area contributed by atoms with E-state index >= 15 is 0 Å². The third-order valence-electron chi connectivity index (χ3n) is 3.60. The summed E-state index contributed by atoms with van der Waals surface area (Å²) in [5.41, 5.74) is 0.980. The first-order valence-corrected chi connectivity index (χ1v) is 7.89. The normalized spacial score (nSPS) is 11.6. The summed E-state index contributed by atoms with van der Waals surface area (Å²) in [6.07, 6.45) is 0.890. The summed E-state index contributed by atoms with van der Waals surface area (Å²) >= 11 is 0. The molecule has 0 aromatic heterocycles. The van der Waals surface area contributed by atoms with Crippen molar-refractivity contribution in [1.29, 1.82) is 0 Å². The van der Waals surface area contributed by atoms with E-state index in [1.165, 1.54) is 12.1 Å². The second-order valence-corrected chi connectivity index (χ2v) is 5.43. The van der Waals surface area contributed by atoms with Crippen molar-refractivity contribution in [3.05, 3.63) is 65.2 Å². The summed E-state index contributed by atoms with van der Waals surface area (Å²) in [5, 5.41) is 12.0. The van der Waals surface area contributed by atoms with Gasteiger partial charge in [-0.05, 0) is 31.5 Å². The smallest absolute Gasteiger partial charge is 0.336 e. The van der Waals surface area contributed by atoms with E-state index in [1.54, 1.807) is 12.1 Å². The van der Waals surface area contributed by atoms with Crippen LogP contribution in [0.4, 0.5) is 0 Å². The number of carboxylic acids is 1. The van der Waals surface area contributed by atoms with E-state index in [1.807, 2.05) is 38.1 Å². The van der Waals surface area contributed by atoms with Gasteiger partial charge in [-0.1, -0.05) is 37.3 Å². The molecule has 0 heterocycles. The largest absolute Gasteiger partial charge is 0.493 e. The lowest BCUT2D eigenvalue weighted by Crippen LogP contribution is -2.28. The van der Waals surface area contributed by atoms with Gasteiger partial charge >= 0.3 is 5.97 Å². The summed E-state index contributed by atoms with van der Waals surface area (Å²) in [7, 11) is 0. The molecule has 5 heteroatoms. The Morgan fingerprint density at radius 1 is 1.08 bits per heavy atom.